The fraction of sp³-hybridized carbons (Fsp3) is 0.455. The van der Waals surface area contributed by atoms with Crippen LogP contribution in [0.2, 0.25) is 0 Å². The van der Waals surface area contributed by atoms with Gasteiger partial charge in [0.2, 0.25) is 0 Å². The lowest BCUT2D eigenvalue weighted by Crippen LogP contribution is -2.20. The molecule has 0 saturated heterocycles. The highest BCUT2D eigenvalue weighted by Gasteiger charge is 2.00. The summed E-state index contributed by atoms with van der Waals surface area (Å²) in [7, 11) is 0. The number of hydrogen-bond donors (Lipinski definition) is 1. The van der Waals surface area contributed by atoms with E-state index in [1.165, 1.54) is 0 Å². The van der Waals surface area contributed by atoms with E-state index in [1.807, 2.05) is 6.08 Å². The number of nitrogens with two attached hydrogens (primary N) is 1. The number of rotatable bonds is 5. The Bertz CT molecular complexity index is 177. The summed E-state index contributed by atoms with van der Waals surface area (Å²) in [5, 5.41) is 0. The predicted octanol–water partition coefficient (Wildman–Crippen LogP) is 2.80. The first-order valence-electron chi connectivity index (χ1n) is 4.50. The standard InChI is InChI=1S/C11H19N/c1-4-7-9-10(8-5-2)11(12)6-3/h5,7-9,11H,2,4,6,12H2,1,3H3/b9-7-,10-8+. The minimum Gasteiger partial charge on any atom is -0.324 e. The van der Waals surface area contributed by atoms with Crippen LogP contribution in [0, 0.1) is 0 Å². The monoisotopic (exact) mass is 165 g/mol. The highest BCUT2D eigenvalue weighted by atomic mass is 14.6. The Morgan fingerprint density at radius 3 is 2.58 bits per heavy atom. The van der Waals surface area contributed by atoms with E-state index in [9.17, 15) is 0 Å². The van der Waals surface area contributed by atoms with Crippen LogP contribution in [0.5, 0.6) is 0 Å². The van der Waals surface area contributed by atoms with Gasteiger partial charge in [-0.25, -0.2) is 0 Å². The van der Waals surface area contributed by atoms with Crippen molar-refractivity contribution in [3.63, 3.8) is 0 Å². The Balaban J connectivity index is 4.33. The van der Waals surface area contributed by atoms with Crippen molar-refractivity contribution in [2.24, 2.45) is 5.73 Å². The van der Waals surface area contributed by atoms with Gasteiger partial charge in [-0.3, -0.25) is 0 Å². The maximum atomic E-state index is 5.88. The van der Waals surface area contributed by atoms with Gasteiger partial charge in [0.05, 0.1) is 0 Å². The van der Waals surface area contributed by atoms with Crippen LogP contribution in [0.15, 0.2) is 36.5 Å². The lowest BCUT2D eigenvalue weighted by atomic mass is 10.0. The molecule has 2 N–H and O–H groups in total. The van der Waals surface area contributed by atoms with Crippen LogP contribution in [0.1, 0.15) is 26.7 Å². The molecule has 1 heteroatoms. The van der Waals surface area contributed by atoms with Crippen molar-refractivity contribution in [3.8, 4) is 0 Å². The zero-order valence-electron chi connectivity index (χ0n) is 8.09. The molecule has 0 amide bonds. The van der Waals surface area contributed by atoms with Gasteiger partial charge in [0, 0.05) is 6.04 Å². The largest absolute Gasteiger partial charge is 0.324 e. The van der Waals surface area contributed by atoms with E-state index < -0.39 is 0 Å². The zero-order chi connectivity index (χ0) is 9.40. The topological polar surface area (TPSA) is 26.0 Å². The summed E-state index contributed by atoms with van der Waals surface area (Å²) in [5.41, 5.74) is 7.04. The van der Waals surface area contributed by atoms with Gasteiger partial charge in [-0.1, -0.05) is 44.7 Å². The van der Waals surface area contributed by atoms with Gasteiger partial charge in [0.25, 0.3) is 0 Å². The molecule has 12 heavy (non-hydrogen) atoms. The quantitative estimate of drug-likeness (QED) is 0.623. The van der Waals surface area contributed by atoms with E-state index in [4.69, 9.17) is 5.73 Å². The highest BCUT2D eigenvalue weighted by Crippen LogP contribution is 2.06. The van der Waals surface area contributed by atoms with E-state index in [0.717, 1.165) is 18.4 Å². The normalized spacial score (nSPS) is 15.1. The first-order chi connectivity index (χ1) is 5.76. The van der Waals surface area contributed by atoms with Gasteiger partial charge in [0.1, 0.15) is 0 Å². The number of hydrogen-bond acceptors (Lipinski definition) is 1. The summed E-state index contributed by atoms with van der Waals surface area (Å²) in [6.45, 7) is 7.85. The van der Waals surface area contributed by atoms with Gasteiger partial charge in [-0.2, -0.15) is 0 Å². The smallest absolute Gasteiger partial charge is 0.0292 e. The highest BCUT2D eigenvalue weighted by molar-refractivity contribution is 5.27. The van der Waals surface area contributed by atoms with E-state index in [2.05, 4.69) is 32.6 Å². The average molecular weight is 165 g/mol. The van der Waals surface area contributed by atoms with Gasteiger partial charge >= 0.3 is 0 Å². The molecule has 1 unspecified atom stereocenters. The minimum atomic E-state index is 0.144. The summed E-state index contributed by atoms with van der Waals surface area (Å²) in [5.74, 6) is 0. The average Bonchev–Trinajstić information content (AvgIpc) is 2.11. The Hall–Kier alpha value is -0.820. The second kappa shape index (κ2) is 6.86. The Morgan fingerprint density at radius 1 is 1.50 bits per heavy atom. The van der Waals surface area contributed by atoms with E-state index in [-0.39, 0.29) is 6.04 Å². The second-order valence-corrected chi connectivity index (χ2v) is 2.73. The molecule has 0 aromatic rings. The first-order valence-corrected chi connectivity index (χ1v) is 4.50. The minimum absolute atomic E-state index is 0.144. The molecule has 0 radical (unpaired) electrons. The molecular weight excluding hydrogens is 146 g/mol. The zero-order valence-corrected chi connectivity index (χ0v) is 8.09. The summed E-state index contributed by atoms with van der Waals surface area (Å²) < 4.78 is 0. The lowest BCUT2D eigenvalue weighted by Gasteiger charge is -2.08. The van der Waals surface area contributed by atoms with Crippen molar-refractivity contribution in [1.29, 1.82) is 0 Å². The molecule has 0 fully saturated rings. The van der Waals surface area contributed by atoms with Crippen molar-refractivity contribution in [2.75, 3.05) is 0 Å². The molecule has 0 aliphatic heterocycles. The molecule has 1 atom stereocenters. The van der Waals surface area contributed by atoms with Crippen molar-refractivity contribution in [3.05, 3.63) is 36.5 Å². The van der Waals surface area contributed by atoms with E-state index in [0.29, 0.717) is 0 Å². The van der Waals surface area contributed by atoms with Crippen LogP contribution in [0.3, 0.4) is 0 Å². The van der Waals surface area contributed by atoms with Gasteiger partial charge in [0.15, 0.2) is 0 Å². The molecule has 0 bridgehead atoms. The van der Waals surface area contributed by atoms with Crippen LogP contribution in [0.25, 0.3) is 0 Å². The van der Waals surface area contributed by atoms with Gasteiger partial charge in [-0.05, 0) is 18.4 Å². The van der Waals surface area contributed by atoms with Crippen LogP contribution in [-0.2, 0) is 0 Å². The van der Waals surface area contributed by atoms with Crippen LogP contribution in [-0.4, -0.2) is 6.04 Å². The van der Waals surface area contributed by atoms with Crippen molar-refractivity contribution >= 4 is 0 Å². The van der Waals surface area contributed by atoms with Crippen molar-refractivity contribution < 1.29 is 0 Å². The molecule has 0 aliphatic carbocycles. The maximum absolute atomic E-state index is 5.88. The SMILES string of the molecule is C=C/C=C(\C=C/CC)C(N)CC. The van der Waals surface area contributed by atoms with Gasteiger partial charge in [-0.15, -0.1) is 0 Å². The van der Waals surface area contributed by atoms with Gasteiger partial charge < -0.3 is 5.73 Å². The Kier molecular flexibility index (Phi) is 6.39. The predicted molar refractivity (Wildman–Crippen MR) is 56.0 cm³/mol. The molecule has 1 nitrogen and oxygen atoms in total. The molecule has 0 saturated carbocycles. The first kappa shape index (κ1) is 11.2. The molecule has 0 rings (SSSR count). The van der Waals surface area contributed by atoms with E-state index in [1.54, 1.807) is 6.08 Å². The molecule has 0 aromatic carbocycles. The third-order valence-electron chi connectivity index (χ3n) is 1.72. The van der Waals surface area contributed by atoms with Crippen LogP contribution in [0.4, 0.5) is 0 Å². The molecule has 0 heterocycles. The molecule has 0 aliphatic rings. The molecular formula is C11H19N. The van der Waals surface area contributed by atoms with E-state index >= 15 is 0 Å². The Labute approximate surface area is 75.7 Å². The van der Waals surface area contributed by atoms with Crippen molar-refractivity contribution in [2.45, 2.75) is 32.7 Å². The third-order valence-corrected chi connectivity index (χ3v) is 1.72. The fourth-order valence-corrected chi connectivity index (χ4v) is 0.928. The number of allylic oxidation sites excluding steroid dienone is 3. The summed E-state index contributed by atoms with van der Waals surface area (Å²) in [4.78, 5) is 0. The lowest BCUT2D eigenvalue weighted by molar-refractivity contribution is 0.754. The summed E-state index contributed by atoms with van der Waals surface area (Å²) in [6.07, 6.45) is 9.96. The van der Waals surface area contributed by atoms with Crippen LogP contribution >= 0.6 is 0 Å². The molecule has 0 aromatic heterocycles. The van der Waals surface area contributed by atoms with Crippen molar-refractivity contribution in [1.82, 2.24) is 0 Å². The fourth-order valence-electron chi connectivity index (χ4n) is 0.928. The third kappa shape index (κ3) is 4.14. The second-order valence-electron chi connectivity index (χ2n) is 2.73. The summed E-state index contributed by atoms with van der Waals surface area (Å²) in [6, 6.07) is 0.144. The maximum Gasteiger partial charge on any atom is 0.0292 e. The summed E-state index contributed by atoms with van der Waals surface area (Å²) >= 11 is 0. The molecule has 0 spiro atoms. The van der Waals surface area contributed by atoms with Crippen LogP contribution < -0.4 is 5.73 Å². The Morgan fingerprint density at radius 2 is 2.17 bits per heavy atom. The molecule has 68 valence electrons.